The van der Waals surface area contributed by atoms with Crippen LogP contribution < -0.4 is 0 Å². The Labute approximate surface area is 197 Å². The summed E-state index contributed by atoms with van der Waals surface area (Å²) in [6.07, 6.45) is 0. The van der Waals surface area contributed by atoms with Crippen molar-refractivity contribution < 1.29 is 23.3 Å². The van der Waals surface area contributed by atoms with Crippen LogP contribution in [0.2, 0.25) is 19.6 Å². The van der Waals surface area contributed by atoms with Gasteiger partial charge in [0.15, 0.2) is 0 Å². The van der Waals surface area contributed by atoms with Crippen LogP contribution in [0.25, 0.3) is 21.5 Å². The minimum absolute atomic E-state index is 1.21. The monoisotopic (exact) mass is 535 g/mol. The van der Waals surface area contributed by atoms with Gasteiger partial charge in [0.2, 0.25) is 0 Å². The Kier molecular flexibility index (Phi) is 13.6. The fourth-order valence-electron chi connectivity index (χ4n) is 2.49. The fraction of sp³-hybridized carbons (Fsp3) is 0.200. The maximum absolute atomic E-state index is 5.37. The van der Waals surface area contributed by atoms with Crippen LogP contribution in [0.1, 0.15) is 13.8 Å². The van der Waals surface area contributed by atoms with E-state index >= 15 is 0 Å². The normalized spacial score (nSPS) is 10.1. The summed E-state index contributed by atoms with van der Waals surface area (Å²) in [6, 6.07) is 29.3. The predicted molar refractivity (Wildman–Crippen MR) is 137 cm³/mol. The topological polar surface area (TPSA) is 9.23 Å². The second kappa shape index (κ2) is 15.1. The summed E-state index contributed by atoms with van der Waals surface area (Å²) in [6.45, 7) is 12.1. The van der Waals surface area contributed by atoms with E-state index in [9.17, 15) is 0 Å². The smallest absolute Gasteiger partial charge is 0.0809 e. The standard InChI is InChI=1S/2C9H7.C5H13OSi.C2H4.2ClH.Zr/c2*1-2-5-9-7-3-6-8(9)4-1;1-5-6-7(2,3)4;1-2;;;/h2*1-7H;5H,1-4H3;1H,2H3;2*1H;/q3*-1;;;;+2/p-2. The molecule has 0 aliphatic heterocycles. The molecule has 0 aromatic heterocycles. The second-order valence-electron chi connectivity index (χ2n) is 7.35. The first-order valence-corrected chi connectivity index (χ1v) is 21.1. The van der Waals surface area contributed by atoms with Crippen molar-refractivity contribution in [1.29, 1.82) is 0 Å². The van der Waals surface area contributed by atoms with Gasteiger partial charge in [-0.3, -0.25) is 0 Å². The molecule has 4 rings (SSSR count). The number of hydrogen-bond acceptors (Lipinski definition) is 1. The summed E-state index contributed by atoms with van der Waals surface area (Å²) >= 11 is -1.76. The van der Waals surface area contributed by atoms with Crippen molar-refractivity contribution in [2.45, 2.75) is 33.5 Å². The van der Waals surface area contributed by atoms with E-state index in [1.807, 2.05) is 17.6 Å². The van der Waals surface area contributed by atoms with E-state index in [-0.39, 0.29) is 0 Å². The molecule has 5 heteroatoms. The molecule has 0 fully saturated rings. The molecule has 162 valence electrons. The van der Waals surface area contributed by atoms with Gasteiger partial charge >= 0.3 is 46.5 Å². The molecule has 0 radical (unpaired) electrons. The Morgan fingerprint density at radius 2 is 1.23 bits per heavy atom. The summed E-state index contributed by atoms with van der Waals surface area (Å²) in [4.78, 5) is 0. The molecule has 0 aliphatic carbocycles. The van der Waals surface area contributed by atoms with Crippen molar-refractivity contribution in [1.82, 2.24) is 0 Å². The molecule has 4 aromatic carbocycles. The molecule has 0 saturated heterocycles. The van der Waals surface area contributed by atoms with E-state index in [2.05, 4.69) is 105 Å². The average molecular weight is 538 g/mol. The molecular formula is C25H31Cl2OSiZr-3. The van der Waals surface area contributed by atoms with E-state index in [0.717, 1.165) is 0 Å². The van der Waals surface area contributed by atoms with E-state index in [1.165, 1.54) is 21.5 Å². The third kappa shape index (κ3) is 12.1. The Hall–Kier alpha value is -0.830. The van der Waals surface area contributed by atoms with E-state index in [0.29, 0.717) is 0 Å². The molecule has 4 aromatic rings. The van der Waals surface area contributed by atoms with Crippen LogP contribution in [0.3, 0.4) is 0 Å². The van der Waals surface area contributed by atoms with Gasteiger partial charge in [0.1, 0.15) is 8.32 Å². The summed E-state index contributed by atoms with van der Waals surface area (Å²) in [5.74, 6) is 0. The summed E-state index contributed by atoms with van der Waals surface area (Å²) in [7, 11) is 9.52. The number of fused-ring (bicyclic) bond motifs is 2. The van der Waals surface area contributed by atoms with Crippen LogP contribution >= 0.6 is 17.0 Å². The number of rotatable bonds is 2. The quantitative estimate of drug-likeness (QED) is 0.183. The van der Waals surface area contributed by atoms with Gasteiger partial charge in [0.05, 0.1) is 0 Å². The van der Waals surface area contributed by atoms with Gasteiger partial charge in [-0.15, -0.1) is 59.3 Å². The molecule has 0 heterocycles. The van der Waals surface area contributed by atoms with Crippen LogP contribution in [0.4, 0.5) is 0 Å². The SMILES string of the molecule is C[CH-]O[Si](C)(C)C.C[CH]=[Zr]([Cl])[Cl].c1ccc2[cH-]ccc2c1.c1ccc2[cH-]ccc2c1. The van der Waals surface area contributed by atoms with Crippen LogP contribution in [0, 0.1) is 6.61 Å². The predicted octanol–water partition coefficient (Wildman–Crippen LogP) is 8.87. The Bertz CT molecular complexity index is 868. The van der Waals surface area contributed by atoms with Gasteiger partial charge in [-0.2, -0.15) is 42.0 Å². The average Bonchev–Trinajstić information content (AvgIpc) is 3.37. The zero-order valence-corrected chi connectivity index (χ0v) is 23.4. The molecule has 0 spiro atoms. The van der Waals surface area contributed by atoms with E-state index in [4.69, 9.17) is 21.5 Å². The first-order chi connectivity index (χ1) is 14.3. The van der Waals surface area contributed by atoms with E-state index in [1.54, 1.807) is 6.61 Å². The van der Waals surface area contributed by atoms with Crippen molar-refractivity contribution >= 4 is 50.6 Å². The second-order valence-corrected chi connectivity index (χ2v) is 20.6. The first-order valence-electron chi connectivity index (χ1n) is 9.90. The fourth-order valence-corrected chi connectivity index (χ4v) is 3.20. The third-order valence-corrected chi connectivity index (χ3v) is 8.38. The summed E-state index contributed by atoms with van der Waals surface area (Å²) in [5, 5.41) is 5.32. The number of benzene rings is 2. The molecule has 0 amide bonds. The zero-order valence-electron chi connectivity index (χ0n) is 18.4. The van der Waals surface area contributed by atoms with Gasteiger partial charge in [0.25, 0.3) is 0 Å². The van der Waals surface area contributed by atoms with Crippen molar-refractivity contribution in [2.24, 2.45) is 0 Å². The van der Waals surface area contributed by atoms with Crippen LogP contribution in [-0.2, 0) is 23.3 Å². The first kappa shape index (κ1) is 27.2. The molecule has 0 bridgehead atoms. The summed E-state index contributed by atoms with van der Waals surface area (Å²) < 4.78 is 7.14. The van der Waals surface area contributed by atoms with Crippen LogP contribution in [0.5, 0.6) is 0 Å². The maximum Gasteiger partial charge on any atom is -0.0809 e. The molecule has 0 aliphatic rings. The third-order valence-electron chi connectivity index (χ3n) is 3.78. The van der Waals surface area contributed by atoms with Crippen molar-refractivity contribution in [2.75, 3.05) is 0 Å². The van der Waals surface area contributed by atoms with Gasteiger partial charge < -0.3 is 4.43 Å². The molecule has 0 atom stereocenters. The Balaban J connectivity index is 0.000000206. The van der Waals surface area contributed by atoms with Crippen molar-refractivity contribution in [3.63, 3.8) is 0 Å². The van der Waals surface area contributed by atoms with Crippen molar-refractivity contribution in [3.05, 3.63) is 91.5 Å². The largest absolute Gasteiger partial charge is 0.168 e. The molecule has 0 N–H and O–H groups in total. The molecule has 0 saturated carbocycles. The molecule has 0 unspecified atom stereocenters. The Morgan fingerprint density at radius 1 is 0.833 bits per heavy atom. The van der Waals surface area contributed by atoms with Gasteiger partial charge in [0, 0.05) is 0 Å². The van der Waals surface area contributed by atoms with E-state index < -0.39 is 27.2 Å². The van der Waals surface area contributed by atoms with Gasteiger partial charge in [-0.05, 0) is 19.6 Å². The molecule has 30 heavy (non-hydrogen) atoms. The molecule has 1 nitrogen and oxygen atoms in total. The minimum Gasteiger partial charge on any atom is -0.168 e. The summed E-state index contributed by atoms with van der Waals surface area (Å²) in [5.41, 5.74) is 0. The maximum atomic E-state index is 5.37. The van der Waals surface area contributed by atoms with Crippen LogP contribution in [0.15, 0.2) is 84.9 Å². The minimum atomic E-state index is -1.76. The number of hydrogen-bond donors (Lipinski definition) is 0. The van der Waals surface area contributed by atoms with Crippen LogP contribution in [-0.4, -0.2) is 12.0 Å². The number of halogens is 2. The molecular weight excluding hydrogens is 506 g/mol. The Morgan fingerprint density at radius 3 is 1.50 bits per heavy atom. The van der Waals surface area contributed by atoms with Crippen molar-refractivity contribution in [3.8, 4) is 0 Å². The zero-order chi connectivity index (χ0) is 22.4. The van der Waals surface area contributed by atoms with Gasteiger partial charge in [-0.1, -0.05) is 12.1 Å². The van der Waals surface area contributed by atoms with Gasteiger partial charge in [-0.25, -0.2) is 6.61 Å².